The lowest BCUT2D eigenvalue weighted by atomic mass is 10.0. The molecule has 0 saturated carbocycles. The number of nitrogens with zero attached hydrogens (tertiary/aromatic N) is 1. The first-order chi connectivity index (χ1) is 10.2. The molecule has 1 aromatic carbocycles. The molecule has 118 valence electrons. The molecule has 1 N–H and O–H groups in total. The zero-order chi connectivity index (χ0) is 16.1. The van der Waals surface area contributed by atoms with E-state index in [0.717, 1.165) is 22.2 Å². The molecule has 1 amide bonds. The summed E-state index contributed by atoms with van der Waals surface area (Å²) >= 11 is 3.38. The summed E-state index contributed by atoms with van der Waals surface area (Å²) in [4.78, 5) is 17.2. The van der Waals surface area contributed by atoms with Crippen molar-refractivity contribution in [3.05, 3.63) is 33.7 Å². The maximum atomic E-state index is 13.7. The highest BCUT2D eigenvalue weighted by Crippen LogP contribution is 2.33. The first kappa shape index (κ1) is 15.3. The van der Waals surface area contributed by atoms with Crippen LogP contribution in [0.5, 0.6) is 0 Å². The molecule has 0 saturated heterocycles. The average Bonchev–Trinajstić information content (AvgIpc) is 2.75. The summed E-state index contributed by atoms with van der Waals surface area (Å²) in [5.41, 5.74) is 2.37. The van der Waals surface area contributed by atoms with E-state index >= 15 is 0 Å². The van der Waals surface area contributed by atoms with E-state index in [2.05, 4.69) is 20.9 Å². The monoisotopic (exact) mass is 368 g/mol. The number of rotatable bonds is 0. The molecular weight excluding hydrogens is 351 g/mol. The molecule has 4 nitrogen and oxygen atoms in total. The van der Waals surface area contributed by atoms with Crippen LogP contribution in [-0.2, 0) is 17.7 Å². The van der Waals surface area contributed by atoms with Crippen LogP contribution >= 0.6 is 15.9 Å². The van der Waals surface area contributed by atoms with Gasteiger partial charge in [-0.25, -0.2) is 9.18 Å². The first-order valence-electron chi connectivity index (χ1n) is 7.21. The van der Waals surface area contributed by atoms with E-state index < -0.39 is 5.60 Å². The van der Waals surface area contributed by atoms with Gasteiger partial charge < -0.3 is 14.6 Å². The smallest absolute Gasteiger partial charge is 0.410 e. The van der Waals surface area contributed by atoms with Crippen molar-refractivity contribution in [3.8, 4) is 0 Å². The van der Waals surface area contributed by atoms with Crippen molar-refractivity contribution >= 4 is 32.9 Å². The van der Waals surface area contributed by atoms with E-state index in [4.69, 9.17) is 4.74 Å². The molecule has 0 aliphatic carbocycles. The van der Waals surface area contributed by atoms with E-state index in [1.807, 2.05) is 20.8 Å². The number of fused-ring (bicyclic) bond motifs is 3. The van der Waals surface area contributed by atoms with E-state index in [-0.39, 0.29) is 11.9 Å². The van der Waals surface area contributed by atoms with Gasteiger partial charge in [0.05, 0.1) is 12.1 Å². The maximum absolute atomic E-state index is 13.7. The summed E-state index contributed by atoms with van der Waals surface area (Å²) < 4.78 is 19.8. The van der Waals surface area contributed by atoms with Crippen molar-refractivity contribution in [2.75, 3.05) is 6.54 Å². The molecule has 0 atom stereocenters. The van der Waals surface area contributed by atoms with Crippen molar-refractivity contribution in [2.45, 2.75) is 39.3 Å². The second-order valence-electron chi connectivity index (χ2n) is 6.54. The molecule has 0 radical (unpaired) electrons. The van der Waals surface area contributed by atoms with Crippen molar-refractivity contribution in [2.24, 2.45) is 0 Å². The summed E-state index contributed by atoms with van der Waals surface area (Å²) in [6, 6.07) is 2.95. The Morgan fingerprint density at radius 2 is 2.14 bits per heavy atom. The number of carbonyl (C=O) groups is 1. The van der Waals surface area contributed by atoms with Crippen molar-refractivity contribution in [1.29, 1.82) is 0 Å². The third-order valence-corrected chi connectivity index (χ3v) is 4.28. The molecule has 22 heavy (non-hydrogen) atoms. The molecule has 6 heteroatoms. The number of aromatic nitrogens is 1. The standard InChI is InChI=1S/C16H18BrFN2O2/c1-16(2,3)22-15(21)20-5-4-13-11(8-20)10-6-9(18)7-12(17)14(10)19-13/h6-7,19H,4-5,8H2,1-3H3. The number of halogens is 2. The van der Waals surface area contributed by atoms with E-state index in [1.165, 1.54) is 12.1 Å². The SMILES string of the molecule is CC(C)(C)OC(=O)N1CCc2[nH]c3c(Br)cc(F)cc3c2C1. The number of hydrogen-bond donors (Lipinski definition) is 1. The zero-order valence-corrected chi connectivity index (χ0v) is 14.4. The fraction of sp³-hybridized carbons (Fsp3) is 0.438. The number of H-pyrrole nitrogens is 1. The number of benzene rings is 1. The number of carbonyl (C=O) groups excluding carboxylic acids is 1. The Hall–Kier alpha value is -1.56. The van der Waals surface area contributed by atoms with E-state index in [0.29, 0.717) is 24.0 Å². The van der Waals surface area contributed by atoms with E-state index in [1.54, 1.807) is 4.90 Å². The van der Waals surface area contributed by atoms with Gasteiger partial charge >= 0.3 is 6.09 Å². The van der Waals surface area contributed by atoms with Gasteiger partial charge in [0.2, 0.25) is 0 Å². The van der Waals surface area contributed by atoms with Crippen LogP contribution in [0.4, 0.5) is 9.18 Å². The van der Waals surface area contributed by atoms with Gasteiger partial charge in [-0.1, -0.05) is 0 Å². The summed E-state index contributed by atoms with van der Waals surface area (Å²) in [6.07, 6.45) is 0.375. The van der Waals surface area contributed by atoms with Crippen LogP contribution in [0.1, 0.15) is 32.0 Å². The van der Waals surface area contributed by atoms with Gasteiger partial charge in [0, 0.05) is 34.1 Å². The molecule has 1 aliphatic heterocycles. The molecule has 2 heterocycles. The predicted molar refractivity (Wildman–Crippen MR) is 86.3 cm³/mol. The highest BCUT2D eigenvalue weighted by molar-refractivity contribution is 9.10. The highest BCUT2D eigenvalue weighted by atomic mass is 79.9. The quantitative estimate of drug-likeness (QED) is 0.750. The van der Waals surface area contributed by atoms with Gasteiger partial charge in [-0.2, -0.15) is 0 Å². The average molecular weight is 369 g/mol. The van der Waals surface area contributed by atoms with Crippen molar-refractivity contribution in [1.82, 2.24) is 9.88 Å². The van der Waals surface area contributed by atoms with Crippen LogP contribution in [0.2, 0.25) is 0 Å². The Labute approximate surface area is 136 Å². The fourth-order valence-electron chi connectivity index (χ4n) is 2.72. The maximum Gasteiger partial charge on any atom is 0.410 e. The highest BCUT2D eigenvalue weighted by Gasteiger charge is 2.28. The number of aromatic amines is 1. The van der Waals surface area contributed by atoms with Gasteiger partial charge in [0.15, 0.2) is 0 Å². The van der Waals surface area contributed by atoms with Gasteiger partial charge in [-0.3, -0.25) is 0 Å². The van der Waals surface area contributed by atoms with Gasteiger partial charge in [-0.15, -0.1) is 0 Å². The molecule has 2 aromatic rings. The Morgan fingerprint density at radius 1 is 1.41 bits per heavy atom. The predicted octanol–water partition coefficient (Wildman–Crippen LogP) is 4.36. The number of hydrogen-bond acceptors (Lipinski definition) is 2. The Bertz CT molecular complexity index is 749. The molecule has 0 fully saturated rings. The Balaban J connectivity index is 1.94. The Kier molecular flexibility index (Phi) is 3.67. The zero-order valence-electron chi connectivity index (χ0n) is 12.8. The van der Waals surface area contributed by atoms with Gasteiger partial charge in [0.25, 0.3) is 0 Å². The summed E-state index contributed by atoms with van der Waals surface area (Å²) in [6.45, 7) is 6.56. The van der Waals surface area contributed by atoms with Crippen LogP contribution in [0.25, 0.3) is 10.9 Å². The Morgan fingerprint density at radius 3 is 2.82 bits per heavy atom. The molecule has 0 unspecified atom stereocenters. The second-order valence-corrected chi connectivity index (χ2v) is 7.40. The summed E-state index contributed by atoms with van der Waals surface area (Å²) in [5.74, 6) is -0.296. The summed E-state index contributed by atoms with van der Waals surface area (Å²) in [7, 11) is 0. The number of amides is 1. The van der Waals surface area contributed by atoms with Crippen molar-refractivity contribution in [3.63, 3.8) is 0 Å². The lowest BCUT2D eigenvalue weighted by Gasteiger charge is -2.30. The first-order valence-corrected chi connectivity index (χ1v) is 8.00. The van der Waals surface area contributed by atoms with Crippen LogP contribution in [0.15, 0.2) is 16.6 Å². The van der Waals surface area contributed by atoms with E-state index in [9.17, 15) is 9.18 Å². The second kappa shape index (κ2) is 5.26. The van der Waals surface area contributed by atoms with Crippen LogP contribution in [0, 0.1) is 5.82 Å². The van der Waals surface area contributed by atoms with Crippen LogP contribution in [-0.4, -0.2) is 28.1 Å². The lowest BCUT2D eigenvalue weighted by Crippen LogP contribution is -2.39. The molecule has 3 rings (SSSR count). The minimum absolute atomic E-state index is 0.296. The third kappa shape index (κ3) is 2.84. The fourth-order valence-corrected chi connectivity index (χ4v) is 3.25. The number of nitrogens with one attached hydrogen (secondary N) is 1. The topological polar surface area (TPSA) is 45.3 Å². The normalized spacial score (nSPS) is 15.0. The van der Waals surface area contributed by atoms with Gasteiger partial charge in [-0.05, 0) is 48.8 Å². The van der Waals surface area contributed by atoms with Crippen LogP contribution < -0.4 is 0 Å². The molecule has 1 aromatic heterocycles. The molecular formula is C16H18BrFN2O2. The molecule has 1 aliphatic rings. The molecule has 0 bridgehead atoms. The van der Waals surface area contributed by atoms with Crippen molar-refractivity contribution < 1.29 is 13.9 Å². The minimum Gasteiger partial charge on any atom is -0.444 e. The number of ether oxygens (including phenoxy) is 1. The largest absolute Gasteiger partial charge is 0.444 e. The van der Waals surface area contributed by atoms with Crippen LogP contribution in [0.3, 0.4) is 0 Å². The third-order valence-electron chi connectivity index (χ3n) is 3.65. The lowest BCUT2D eigenvalue weighted by molar-refractivity contribution is 0.0224. The summed E-state index contributed by atoms with van der Waals surface area (Å²) in [5, 5.41) is 0.815. The minimum atomic E-state index is -0.521. The van der Waals surface area contributed by atoms with Gasteiger partial charge in [0.1, 0.15) is 11.4 Å². The molecule has 0 spiro atoms.